The van der Waals surface area contributed by atoms with Crippen molar-refractivity contribution in [3.8, 4) is 17.0 Å². The zero-order valence-corrected chi connectivity index (χ0v) is 16.8. The molecule has 0 saturated heterocycles. The summed E-state index contributed by atoms with van der Waals surface area (Å²) in [5.74, 6) is -0.523. The fraction of sp³-hybridized carbons (Fsp3) is 0.190. The number of para-hydroxylation sites is 1. The standard InChI is InChI=1S/C21H18F3N5O2/c1-11-5-4-6-15(21(22,23)24)18(11)26-20(30)14-7-13-16(8-17(14)31-3)27-28-19(13)12-9-25-29(2)10-12/h4-10H,1-3H3,(H,26,30)(H,27,28). The molecule has 0 radical (unpaired) electrons. The minimum Gasteiger partial charge on any atom is -0.496 e. The number of benzene rings is 2. The number of halogens is 3. The van der Waals surface area contributed by atoms with Crippen molar-refractivity contribution in [3.63, 3.8) is 0 Å². The second-order valence-electron chi connectivity index (χ2n) is 7.02. The summed E-state index contributed by atoms with van der Waals surface area (Å²) in [6, 6.07) is 6.86. The van der Waals surface area contributed by atoms with Gasteiger partial charge in [0.1, 0.15) is 11.4 Å². The number of aromatic amines is 1. The topological polar surface area (TPSA) is 84.8 Å². The lowest BCUT2D eigenvalue weighted by Gasteiger charge is -2.17. The van der Waals surface area contributed by atoms with Gasteiger partial charge >= 0.3 is 6.18 Å². The van der Waals surface area contributed by atoms with E-state index in [0.717, 1.165) is 11.6 Å². The van der Waals surface area contributed by atoms with Crippen LogP contribution in [0.25, 0.3) is 22.2 Å². The first kappa shape index (κ1) is 20.5. The highest BCUT2D eigenvalue weighted by molar-refractivity contribution is 6.10. The summed E-state index contributed by atoms with van der Waals surface area (Å²) in [6.45, 7) is 1.50. The number of hydrogen-bond acceptors (Lipinski definition) is 4. The Kier molecular flexibility index (Phi) is 4.92. The van der Waals surface area contributed by atoms with E-state index in [1.807, 2.05) is 0 Å². The van der Waals surface area contributed by atoms with Crippen LogP contribution in [0.1, 0.15) is 21.5 Å². The first-order valence-electron chi connectivity index (χ1n) is 9.22. The Morgan fingerprint density at radius 3 is 2.68 bits per heavy atom. The highest BCUT2D eigenvalue weighted by Gasteiger charge is 2.34. The summed E-state index contributed by atoms with van der Waals surface area (Å²) in [6.07, 6.45) is -1.22. The number of H-pyrrole nitrogens is 1. The zero-order valence-electron chi connectivity index (χ0n) is 16.8. The normalized spacial score (nSPS) is 11.7. The molecule has 0 aliphatic carbocycles. The van der Waals surface area contributed by atoms with Crippen LogP contribution in [0.3, 0.4) is 0 Å². The number of amides is 1. The summed E-state index contributed by atoms with van der Waals surface area (Å²) in [5.41, 5.74) is 1.07. The van der Waals surface area contributed by atoms with Crippen LogP contribution >= 0.6 is 0 Å². The molecule has 4 rings (SSSR count). The molecule has 0 fully saturated rings. The molecule has 4 aromatic rings. The van der Waals surface area contributed by atoms with Gasteiger partial charge in [0.15, 0.2) is 0 Å². The number of nitrogens with one attached hydrogen (secondary N) is 2. The Balaban J connectivity index is 1.80. The number of anilines is 1. The minimum absolute atomic E-state index is 0.0814. The van der Waals surface area contributed by atoms with Crippen molar-refractivity contribution in [2.24, 2.45) is 7.05 Å². The maximum atomic E-state index is 13.4. The van der Waals surface area contributed by atoms with Gasteiger partial charge in [-0.3, -0.25) is 14.6 Å². The fourth-order valence-electron chi connectivity index (χ4n) is 3.41. The van der Waals surface area contributed by atoms with Crippen LogP contribution in [-0.4, -0.2) is 33.0 Å². The third-order valence-corrected chi connectivity index (χ3v) is 4.92. The fourth-order valence-corrected chi connectivity index (χ4v) is 3.41. The van der Waals surface area contributed by atoms with Crippen molar-refractivity contribution in [1.29, 1.82) is 0 Å². The summed E-state index contributed by atoms with van der Waals surface area (Å²) >= 11 is 0. The number of fused-ring (bicyclic) bond motifs is 1. The Labute approximate surface area is 174 Å². The number of aryl methyl sites for hydroxylation is 2. The molecule has 1 amide bonds. The molecule has 0 aliphatic heterocycles. The highest BCUT2D eigenvalue weighted by atomic mass is 19.4. The molecule has 2 N–H and O–H groups in total. The van der Waals surface area contributed by atoms with E-state index in [4.69, 9.17) is 4.74 Å². The average molecular weight is 429 g/mol. The SMILES string of the molecule is COc1cc2[nH]nc(-c3cnn(C)c3)c2cc1C(=O)Nc1c(C)cccc1C(F)(F)F. The van der Waals surface area contributed by atoms with E-state index in [9.17, 15) is 18.0 Å². The molecule has 2 heterocycles. The lowest BCUT2D eigenvalue weighted by atomic mass is 10.0. The largest absolute Gasteiger partial charge is 0.496 e. The van der Waals surface area contributed by atoms with Crippen LogP contribution in [0.4, 0.5) is 18.9 Å². The molecule has 0 saturated carbocycles. The van der Waals surface area contributed by atoms with Gasteiger partial charge in [0.2, 0.25) is 0 Å². The Morgan fingerprint density at radius 2 is 2.03 bits per heavy atom. The average Bonchev–Trinajstić information content (AvgIpc) is 3.32. The van der Waals surface area contributed by atoms with Gasteiger partial charge in [0.05, 0.1) is 35.6 Å². The lowest BCUT2D eigenvalue weighted by molar-refractivity contribution is -0.136. The first-order chi connectivity index (χ1) is 14.7. The van der Waals surface area contributed by atoms with Crippen LogP contribution in [0, 0.1) is 6.92 Å². The summed E-state index contributed by atoms with van der Waals surface area (Å²) in [5, 5.41) is 14.3. The van der Waals surface area contributed by atoms with Gasteiger partial charge in [-0.05, 0) is 24.6 Å². The molecule has 31 heavy (non-hydrogen) atoms. The van der Waals surface area contributed by atoms with Crippen molar-refractivity contribution in [2.75, 3.05) is 12.4 Å². The van der Waals surface area contributed by atoms with Crippen molar-refractivity contribution < 1.29 is 22.7 Å². The van der Waals surface area contributed by atoms with Crippen molar-refractivity contribution in [1.82, 2.24) is 20.0 Å². The van der Waals surface area contributed by atoms with E-state index in [-0.39, 0.29) is 17.0 Å². The van der Waals surface area contributed by atoms with Crippen LogP contribution in [0.5, 0.6) is 5.75 Å². The van der Waals surface area contributed by atoms with Crippen LogP contribution in [0.2, 0.25) is 0 Å². The number of alkyl halides is 3. The minimum atomic E-state index is -4.61. The van der Waals surface area contributed by atoms with Crippen LogP contribution < -0.4 is 10.1 Å². The third kappa shape index (κ3) is 3.72. The molecular formula is C21H18F3N5O2. The molecule has 0 spiro atoms. The Bertz CT molecular complexity index is 1290. The molecule has 2 aromatic heterocycles. The molecule has 0 unspecified atom stereocenters. The smallest absolute Gasteiger partial charge is 0.418 e. The Hall–Kier alpha value is -3.82. The van der Waals surface area contributed by atoms with Crippen molar-refractivity contribution in [3.05, 3.63) is 59.4 Å². The van der Waals surface area contributed by atoms with Crippen molar-refractivity contribution >= 4 is 22.5 Å². The van der Waals surface area contributed by atoms with Gasteiger partial charge in [0, 0.05) is 30.3 Å². The van der Waals surface area contributed by atoms with Gasteiger partial charge < -0.3 is 10.1 Å². The van der Waals surface area contributed by atoms with Crippen molar-refractivity contribution in [2.45, 2.75) is 13.1 Å². The maximum Gasteiger partial charge on any atom is 0.418 e. The highest BCUT2D eigenvalue weighted by Crippen LogP contribution is 2.37. The number of carbonyl (C=O) groups is 1. The molecule has 7 nitrogen and oxygen atoms in total. The van der Waals surface area contributed by atoms with E-state index in [2.05, 4.69) is 20.6 Å². The number of rotatable bonds is 4. The summed E-state index contributed by atoms with van der Waals surface area (Å²) < 4.78 is 47.2. The summed E-state index contributed by atoms with van der Waals surface area (Å²) in [4.78, 5) is 13.0. The lowest BCUT2D eigenvalue weighted by Crippen LogP contribution is -2.18. The summed E-state index contributed by atoms with van der Waals surface area (Å²) in [7, 11) is 3.14. The third-order valence-electron chi connectivity index (χ3n) is 4.92. The predicted molar refractivity (Wildman–Crippen MR) is 109 cm³/mol. The molecule has 160 valence electrons. The number of ether oxygens (including phenoxy) is 1. The van der Waals surface area contributed by atoms with Gasteiger partial charge in [-0.15, -0.1) is 0 Å². The van der Waals surface area contributed by atoms with Crippen LogP contribution in [-0.2, 0) is 13.2 Å². The van der Waals surface area contributed by atoms with E-state index in [1.54, 1.807) is 36.3 Å². The quantitative estimate of drug-likeness (QED) is 0.498. The molecule has 0 bridgehead atoms. The second kappa shape index (κ2) is 7.46. The number of nitrogens with zero attached hydrogens (tertiary/aromatic N) is 3. The molecular weight excluding hydrogens is 411 g/mol. The van der Waals surface area contributed by atoms with E-state index in [0.29, 0.717) is 22.2 Å². The Morgan fingerprint density at radius 1 is 1.26 bits per heavy atom. The van der Waals surface area contributed by atoms with Crippen LogP contribution in [0.15, 0.2) is 42.7 Å². The predicted octanol–water partition coefficient (Wildman–Crippen LogP) is 4.55. The number of methoxy groups -OCH3 is 1. The number of aromatic nitrogens is 4. The molecule has 10 heteroatoms. The van der Waals surface area contributed by atoms with E-state index in [1.165, 1.54) is 26.2 Å². The first-order valence-corrected chi connectivity index (χ1v) is 9.22. The number of carbonyl (C=O) groups excluding carboxylic acids is 1. The molecule has 2 aromatic carbocycles. The van der Waals surface area contributed by atoms with Gasteiger partial charge in [-0.25, -0.2) is 0 Å². The number of hydrogen-bond donors (Lipinski definition) is 2. The second-order valence-corrected chi connectivity index (χ2v) is 7.02. The monoisotopic (exact) mass is 429 g/mol. The van der Waals surface area contributed by atoms with E-state index < -0.39 is 17.6 Å². The van der Waals surface area contributed by atoms with Gasteiger partial charge in [-0.1, -0.05) is 12.1 Å². The zero-order chi connectivity index (χ0) is 22.3. The maximum absolute atomic E-state index is 13.4. The molecule has 0 aliphatic rings. The van der Waals surface area contributed by atoms with Gasteiger partial charge in [0.25, 0.3) is 5.91 Å². The molecule has 0 atom stereocenters. The van der Waals surface area contributed by atoms with E-state index >= 15 is 0 Å². The van der Waals surface area contributed by atoms with Gasteiger partial charge in [-0.2, -0.15) is 23.4 Å².